The number of carbonyl (C=O) groups is 1. The SMILES string of the molecule is CC(C)=CCN1CCc2c(sc(N)c2C(=O)c2ccc(Br)cc2)C1. The number of hydrogen-bond acceptors (Lipinski definition) is 4. The number of nitrogens with zero attached hydrogens (tertiary/aromatic N) is 1. The molecule has 0 amide bonds. The molecule has 0 unspecified atom stereocenters. The van der Waals surface area contributed by atoms with Crippen molar-refractivity contribution in [3.8, 4) is 0 Å². The van der Waals surface area contributed by atoms with Crippen LogP contribution in [0.2, 0.25) is 0 Å². The van der Waals surface area contributed by atoms with Crippen molar-refractivity contribution in [2.24, 2.45) is 0 Å². The van der Waals surface area contributed by atoms with Gasteiger partial charge in [0, 0.05) is 34.5 Å². The number of anilines is 1. The average Bonchev–Trinajstić information content (AvgIpc) is 2.88. The second-order valence-electron chi connectivity index (χ2n) is 6.35. The van der Waals surface area contributed by atoms with Gasteiger partial charge in [0.05, 0.1) is 10.6 Å². The van der Waals surface area contributed by atoms with Crippen LogP contribution in [0.4, 0.5) is 5.00 Å². The minimum Gasteiger partial charge on any atom is -0.390 e. The molecule has 1 aromatic carbocycles. The number of rotatable bonds is 4. The Bertz CT molecular complexity index is 788. The molecule has 0 saturated carbocycles. The molecule has 3 rings (SSSR count). The Balaban J connectivity index is 1.86. The number of thiophene rings is 1. The van der Waals surface area contributed by atoms with E-state index in [9.17, 15) is 4.79 Å². The molecule has 5 heteroatoms. The number of nitrogen functional groups attached to an aromatic ring is 1. The third kappa shape index (κ3) is 3.63. The van der Waals surface area contributed by atoms with E-state index >= 15 is 0 Å². The van der Waals surface area contributed by atoms with Gasteiger partial charge >= 0.3 is 0 Å². The van der Waals surface area contributed by atoms with Gasteiger partial charge in [0.2, 0.25) is 0 Å². The van der Waals surface area contributed by atoms with E-state index in [1.165, 1.54) is 10.5 Å². The van der Waals surface area contributed by atoms with E-state index in [-0.39, 0.29) is 5.78 Å². The van der Waals surface area contributed by atoms with Crippen molar-refractivity contribution in [3.63, 3.8) is 0 Å². The number of fused-ring (bicyclic) bond motifs is 1. The van der Waals surface area contributed by atoms with E-state index in [0.29, 0.717) is 10.6 Å². The van der Waals surface area contributed by atoms with Crippen LogP contribution in [0.1, 0.15) is 40.2 Å². The van der Waals surface area contributed by atoms with E-state index in [1.54, 1.807) is 11.3 Å². The van der Waals surface area contributed by atoms with Gasteiger partial charge in [-0.05, 0) is 50.1 Å². The highest BCUT2D eigenvalue weighted by atomic mass is 79.9. The van der Waals surface area contributed by atoms with E-state index < -0.39 is 0 Å². The molecule has 1 aliphatic rings. The molecule has 2 heterocycles. The summed E-state index contributed by atoms with van der Waals surface area (Å²) in [5, 5.41) is 0.650. The predicted octanol–water partition coefficient (Wildman–Crippen LogP) is 4.65. The van der Waals surface area contributed by atoms with Crippen LogP contribution >= 0.6 is 27.3 Å². The van der Waals surface area contributed by atoms with Crippen molar-refractivity contribution < 1.29 is 4.79 Å². The van der Waals surface area contributed by atoms with E-state index in [1.807, 2.05) is 24.3 Å². The lowest BCUT2D eigenvalue weighted by Crippen LogP contribution is -2.30. The summed E-state index contributed by atoms with van der Waals surface area (Å²) < 4.78 is 0.967. The molecule has 3 nitrogen and oxygen atoms in total. The fourth-order valence-corrected chi connectivity index (χ4v) is 4.36. The van der Waals surface area contributed by atoms with Crippen molar-refractivity contribution in [1.82, 2.24) is 4.90 Å². The standard InChI is InChI=1S/C19H21BrN2OS/c1-12(2)7-9-22-10-8-15-16(11-22)24-19(21)17(15)18(23)13-3-5-14(20)6-4-13/h3-7H,8-11,21H2,1-2H3. The van der Waals surface area contributed by atoms with Crippen molar-refractivity contribution in [2.75, 3.05) is 18.8 Å². The zero-order valence-corrected chi connectivity index (χ0v) is 16.3. The van der Waals surface area contributed by atoms with Crippen LogP contribution in [0.25, 0.3) is 0 Å². The lowest BCUT2D eigenvalue weighted by Gasteiger charge is -2.26. The van der Waals surface area contributed by atoms with Gasteiger partial charge in [0.25, 0.3) is 0 Å². The minimum atomic E-state index is 0.0373. The van der Waals surface area contributed by atoms with Crippen LogP contribution in [0.3, 0.4) is 0 Å². The summed E-state index contributed by atoms with van der Waals surface area (Å²) in [4.78, 5) is 16.5. The lowest BCUT2D eigenvalue weighted by atomic mass is 9.96. The van der Waals surface area contributed by atoms with Gasteiger partial charge in [-0.1, -0.05) is 27.6 Å². The van der Waals surface area contributed by atoms with E-state index in [0.717, 1.165) is 41.7 Å². The van der Waals surface area contributed by atoms with Crippen LogP contribution in [-0.2, 0) is 13.0 Å². The lowest BCUT2D eigenvalue weighted by molar-refractivity contribution is 0.103. The number of carbonyl (C=O) groups excluding carboxylic acids is 1. The highest BCUT2D eigenvalue weighted by Gasteiger charge is 2.27. The third-order valence-corrected chi connectivity index (χ3v) is 5.83. The number of hydrogen-bond donors (Lipinski definition) is 1. The maximum absolute atomic E-state index is 12.9. The van der Waals surface area contributed by atoms with Gasteiger partial charge in [-0.15, -0.1) is 11.3 Å². The second kappa shape index (κ2) is 7.21. The van der Waals surface area contributed by atoms with Crippen LogP contribution in [0.15, 0.2) is 40.4 Å². The molecule has 0 saturated heterocycles. The molecule has 1 aliphatic heterocycles. The Hall–Kier alpha value is -1.43. The first-order valence-electron chi connectivity index (χ1n) is 8.01. The monoisotopic (exact) mass is 404 g/mol. The zero-order valence-electron chi connectivity index (χ0n) is 13.9. The molecule has 0 fully saturated rings. The quantitative estimate of drug-likeness (QED) is 0.595. The highest BCUT2D eigenvalue weighted by molar-refractivity contribution is 9.10. The smallest absolute Gasteiger partial charge is 0.196 e. The summed E-state index contributed by atoms with van der Waals surface area (Å²) >= 11 is 4.97. The highest BCUT2D eigenvalue weighted by Crippen LogP contribution is 2.36. The van der Waals surface area contributed by atoms with Crippen molar-refractivity contribution >= 4 is 38.1 Å². The van der Waals surface area contributed by atoms with Gasteiger partial charge < -0.3 is 5.73 Å². The van der Waals surface area contributed by atoms with Gasteiger partial charge in [-0.25, -0.2) is 0 Å². The number of ketones is 1. The Kier molecular flexibility index (Phi) is 5.23. The molecule has 1 aromatic heterocycles. The molecule has 0 atom stereocenters. The fraction of sp³-hybridized carbons (Fsp3) is 0.316. The Morgan fingerprint density at radius 3 is 2.71 bits per heavy atom. The number of benzene rings is 1. The predicted molar refractivity (Wildman–Crippen MR) is 105 cm³/mol. The molecule has 2 aromatic rings. The molecule has 2 N–H and O–H groups in total. The maximum atomic E-state index is 12.9. The van der Waals surface area contributed by atoms with Crippen molar-refractivity contribution in [2.45, 2.75) is 26.8 Å². The van der Waals surface area contributed by atoms with Crippen molar-refractivity contribution in [1.29, 1.82) is 0 Å². The van der Waals surface area contributed by atoms with Gasteiger partial charge in [0.15, 0.2) is 5.78 Å². The van der Waals surface area contributed by atoms with Crippen LogP contribution in [0, 0.1) is 0 Å². The topological polar surface area (TPSA) is 46.3 Å². The molecule has 24 heavy (non-hydrogen) atoms. The third-order valence-electron chi connectivity index (χ3n) is 4.25. The van der Waals surface area contributed by atoms with Gasteiger partial charge in [-0.2, -0.15) is 0 Å². The molecular formula is C19H21BrN2OS. The number of halogens is 1. The summed E-state index contributed by atoms with van der Waals surface area (Å²) in [5.74, 6) is 0.0373. The van der Waals surface area contributed by atoms with Crippen LogP contribution in [0.5, 0.6) is 0 Å². The molecule has 0 radical (unpaired) electrons. The average molecular weight is 405 g/mol. The van der Waals surface area contributed by atoms with Crippen molar-refractivity contribution in [3.05, 3.63) is 62.0 Å². The summed E-state index contributed by atoms with van der Waals surface area (Å²) in [5.41, 5.74) is 10.1. The van der Waals surface area contributed by atoms with Crippen LogP contribution in [-0.4, -0.2) is 23.8 Å². The Morgan fingerprint density at radius 2 is 2.04 bits per heavy atom. The Morgan fingerprint density at radius 1 is 1.33 bits per heavy atom. The molecule has 0 aliphatic carbocycles. The largest absolute Gasteiger partial charge is 0.390 e. The second-order valence-corrected chi connectivity index (χ2v) is 8.40. The van der Waals surface area contributed by atoms with Gasteiger partial charge in [0.1, 0.15) is 0 Å². The summed E-state index contributed by atoms with van der Waals surface area (Å²) in [6.45, 7) is 7.03. The Labute approximate surface area is 155 Å². The van der Waals surface area contributed by atoms with Crippen LogP contribution < -0.4 is 5.73 Å². The molecule has 0 bridgehead atoms. The summed E-state index contributed by atoms with van der Waals surface area (Å²) in [6, 6.07) is 7.48. The molecule has 0 spiro atoms. The van der Waals surface area contributed by atoms with E-state index in [2.05, 4.69) is 40.8 Å². The number of allylic oxidation sites excluding steroid dienone is 1. The first-order chi connectivity index (χ1) is 11.5. The molecule has 126 valence electrons. The van der Waals surface area contributed by atoms with E-state index in [4.69, 9.17) is 5.73 Å². The summed E-state index contributed by atoms with van der Waals surface area (Å²) in [7, 11) is 0. The zero-order chi connectivity index (χ0) is 17.3. The normalized spacial score (nSPS) is 14.3. The first-order valence-corrected chi connectivity index (χ1v) is 9.62. The maximum Gasteiger partial charge on any atom is 0.196 e. The number of nitrogens with two attached hydrogens (primary N) is 1. The first kappa shape index (κ1) is 17.4. The van der Waals surface area contributed by atoms with Gasteiger partial charge in [-0.3, -0.25) is 9.69 Å². The molecular weight excluding hydrogens is 384 g/mol. The minimum absolute atomic E-state index is 0.0373. The summed E-state index contributed by atoms with van der Waals surface area (Å²) in [6.07, 6.45) is 3.13. The fourth-order valence-electron chi connectivity index (χ4n) is 2.94.